The summed E-state index contributed by atoms with van der Waals surface area (Å²) in [7, 11) is 0. The van der Waals surface area contributed by atoms with Crippen molar-refractivity contribution in [3.63, 3.8) is 0 Å². The summed E-state index contributed by atoms with van der Waals surface area (Å²) in [5.74, 6) is 1.18. The van der Waals surface area contributed by atoms with Crippen molar-refractivity contribution in [3.8, 4) is 0 Å². The number of imidazole rings is 1. The van der Waals surface area contributed by atoms with Crippen LogP contribution in [0, 0.1) is 0 Å². The van der Waals surface area contributed by atoms with Crippen LogP contribution >= 0.6 is 0 Å². The molecule has 1 aromatic carbocycles. The van der Waals surface area contributed by atoms with E-state index in [4.69, 9.17) is 9.72 Å². The van der Waals surface area contributed by atoms with Gasteiger partial charge in [-0.15, -0.1) is 0 Å². The SMILES string of the molecule is CCc1nc2ccccc2n1CCNC1CCOCC1. The van der Waals surface area contributed by atoms with Gasteiger partial charge in [0.2, 0.25) is 0 Å². The van der Waals surface area contributed by atoms with E-state index in [0.717, 1.165) is 51.1 Å². The number of rotatable bonds is 5. The van der Waals surface area contributed by atoms with Gasteiger partial charge in [-0.3, -0.25) is 0 Å². The summed E-state index contributed by atoms with van der Waals surface area (Å²) in [5, 5.41) is 3.65. The average Bonchev–Trinajstić information content (AvgIpc) is 2.87. The number of nitrogens with one attached hydrogen (secondary N) is 1. The zero-order valence-electron chi connectivity index (χ0n) is 12.1. The Hall–Kier alpha value is -1.39. The number of benzene rings is 1. The molecule has 2 aromatic rings. The average molecular weight is 273 g/mol. The van der Waals surface area contributed by atoms with E-state index in [9.17, 15) is 0 Å². The zero-order valence-corrected chi connectivity index (χ0v) is 12.1. The van der Waals surface area contributed by atoms with Gasteiger partial charge in [0.1, 0.15) is 5.82 Å². The third-order valence-electron chi connectivity index (χ3n) is 4.04. The molecule has 0 bridgehead atoms. The molecule has 0 aliphatic carbocycles. The Morgan fingerprint density at radius 2 is 2.10 bits per heavy atom. The van der Waals surface area contributed by atoms with E-state index < -0.39 is 0 Å². The van der Waals surface area contributed by atoms with Crippen molar-refractivity contribution >= 4 is 11.0 Å². The molecule has 1 fully saturated rings. The van der Waals surface area contributed by atoms with Gasteiger partial charge in [0, 0.05) is 38.8 Å². The van der Waals surface area contributed by atoms with Crippen LogP contribution in [0.2, 0.25) is 0 Å². The third kappa shape index (κ3) is 2.86. The van der Waals surface area contributed by atoms with Crippen molar-refractivity contribution in [1.29, 1.82) is 0 Å². The van der Waals surface area contributed by atoms with Crippen molar-refractivity contribution in [1.82, 2.24) is 14.9 Å². The van der Waals surface area contributed by atoms with Crippen LogP contribution in [-0.2, 0) is 17.7 Å². The second-order valence-electron chi connectivity index (χ2n) is 5.36. The van der Waals surface area contributed by atoms with Crippen LogP contribution < -0.4 is 5.32 Å². The van der Waals surface area contributed by atoms with Crippen LogP contribution in [0.15, 0.2) is 24.3 Å². The van der Waals surface area contributed by atoms with Crippen LogP contribution in [0.5, 0.6) is 0 Å². The molecule has 0 atom stereocenters. The molecule has 1 aromatic heterocycles. The van der Waals surface area contributed by atoms with Gasteiger partial charge in [0.05, 0.1) is 11.0 Å². The van der Waals surface area contributed by atoms with Crippen molar-refractivity contribution in [2.75, 3.05) is 19.8 Å². The van der Waals surface area contributed by atoms with Gasteiger partial charge in [-0.1, -0.05) is 19.1 Å². The standard InChI is InChI=1S/C16H23N3O/c1-2-16-18-14-5-3-4-6-15(14)19(16)10-9-17-13-7-11-20-12-8-13/h3-6,13,17H,2,7-12H2,1H3. The summed E-state index contributed by atoms with van der Waals surface area (Å²) in [4.78, 5) is 4.71. The van der Waals surface area contributed by atoms with Crippen LogP contribution in [0.1, 0.15) is 25.6 Å². The smallest absolute Gasteiger partial charge is 0.109 e. The summed E-state index contributed by atoms with van der Waals surface area (Å²) in [6.45, 7) is 5.94. The lowest BCUT2D eigenvalue weighted by molar-refractivity contribution is 0.0779. The van der Waals surface area contributed by atoms with Gasteiger partial charge in [-0.2, -0.15) is 0 Å². The molecule has 0 spiro atoms. The summed E-state index contributed by atoms with van der Waals surface area (Å²) in [5.41, 5.74) is 2.36. The predicted molar refractivity (Wildman–Crippen MR) is 81.0 cm³/mol. The number of aryl methyl sites for hydroxylation is 1. The first-order chi connectivity index (χ1) is 9.88. The minimum atomic E-state index is 0.614. The van der Waals surface area contributed by atoms with Crippen molar-refractivity contribution in [3.05, 3.63) is 30.1 Å². The van der Waals surface area contributed by atoms with Crippen molar-refractivity contribution < 1.29 is 4.74 Å². The fourth-order valence-electron chi connectivity index (χ4n) is 2.93. The molecule has 0 amide bonds. The van der Waals surface area contributed by atoms with Crippen molar-refractivity contribution in [2.24, 2.45) is 0 Å². The fourth-order valence-corrected chi connectivity index (χ4v) is 2.93. The lowest BCUT2D eigenvalue weighted by Crippen LogP contribution is -2.36. The highest BCUT2D eigenvalue weighted by atomic mass is 16.5. The second kappa shape index (κ2) is 6.37. The number of nitrogens with zero attached hydrogens (tertiary/aromatic N) is 2. The summed E-state index contributed by atoms with van der Waals surface area (Å²) >= 11 is 0. The van der Waals surface area contributed by atoms with Crippen molar-refractivity contribution in [2.45, 2.75) is 38.8 Å². The van der Waals surface area contributed by atoms with E-state index in [-0.39, 0.29) is 0 Å². The summed E-state index contributed by atoms with van der Waals surface area (Å²) in [6.07, 6.45) is 3.24. The third-order valence-corrected chi connectivity index (χ3v) is 4.04. The van der Waals surface area contributed by atoms with Crippen LogP contribution in [0.3, 0.4) is 0 Å². The largest absolute Gasteiger partial charge is 0.381 e. The maximum Gasteiger partial charge on any atom is 0.109 e. The van der Waals surface area contributed by atoms with E-state index in [0.29, 0.717) is 6.04 Å². The Bertz CT molecular complexity index is 558. The molecule has 2 heterocycles. The predicted octanol–water partition coefficient (Wildman–Crippen LogP) is 2.37. The molecule has 108 valence electrons. The van der Waals surface area contributed by atoms with Crippen LogP contribution in [0.25, 0.3) is 11.0 Å². The lowest BCUT2D eigenvalue weighted by Gasteiger charge is -2.23. The molecule has 0 unspecified atom stereocenters. The molecular formula is C16H23N3O. The lowest BCUT2D eigenvalue weighted by atomic mass is 10.1. The molecule has 3 rings (SSSR count). The Morgan fingerprint density at radius 1 is 1.30 bits per heavy atom. The first-order valence-electron chi connectivity index (χ1n) is 7.63. The normalized spacial score (nSPS) is 16.9. The molecule has 4 nitrogen and oxygen atoms in total. The van der Waals surface area contributed by atoms with E-state index in [1.807, 2.05) is 0 Å². The van der Waals surface area contributed by atoms with Gasteiger partial charge in [0.15, 0.2) is 0 Å². The van der Waals surface area contributed by atoms with E-state index >= 15 is 0 Å². The zero-order chi connectivity index (χ0) is 13.8. The van der Waals surface area contributed by atoms with Crippen LogP contribution in [0.4, 0.5) is 0 Å². The summed E-state index contributed by atoms with van der Waals surface area (Å²) in [6, 6.07) is 9.02. The molecule has 1 aliphatic rings. The van der Waals surface area contributed by atoms with Gasteiger partial charge < -0.3 is 14.6 Å². The minimum Gasteiger partial charge on any atom is -0.381 e. The highest BCUT2D eigenvalue weighted by molar-refractivity contribution is 5.75. The number of para-hydroxylation sites is 2. The van der Waals surface area contributed by atoms with Crippen LogP contribution in [-0.4, -0.2) is 35.4 Å². The first-order valence-corrected chi connectivity index (χ1v) is 7.63. The Morgan fingerprint density at radius 3 is 2.90 bits per heavy atom. The highest BCUT2D eigenvalue weighted by Crippen LogP contribution is 2.16. The Balaban J connectivity index is 1.66. The number of fused-ring (bicyclic) bond motifs is 1. The highest BCUT2D eigenvalue weighted by Gasteiger charge is 2.13. The molecular weight excluding hydrogens is 250 g/mol. The summed E-state index contributed by atoms with van der Waals surface area (Å²) < 4.78 is 7.74. The van der Waals surface area contributed by atoms with Gasteiger partial charge in [0.25, 0.3) is 0 Å². The van der Waals surface area contributed by atoms with E-state index in [1.165, 1.54) is 11.3 Å². The topological polar surface area (TPSA) is 39.1 Å². The quantitative estimate of drug-likeness (QED) is 0.909. The second-order valence-corrected chi connectivity index (χ2v) is 5.36. The van der Waals surface area contributed by atoms with Gasteiger partial charge in [-0.05, 0) is 25.0 Å². The molecule has 4 heteroatoms. The number of hydrogen-bond acceptors (Lipinski definition) is 3. The number of ether oxygens (including phenoxy) is 1. The molecule has 1 N–H and O–H groups in total. The monoisotopic (exact) mass is 273 g/mol. The number of aromatic nitrogens is 2. The molecule has 1 aliphatic heterocycles. The Labute approximate surface area is 120 Å². The first kappa shape index (κ1) is 13.6. The van der Waals surface area contributed by atoms with Gasteiger partial charge >= 0.3 is 0 Å². The minimum absolute atomic E-state index is 0.614. The molecule has 1 saturated heterocycles. The molecule has 0 radical (unpaired) electrons. The number of hydrogen-bond donors (Lipinski definition) is 1. The molecule has 0 saturated carbocycles. The molecule has 20 heavy (non-hydrogen) atoms. The maximum atomic E-state index is 5.39. The Kier molecular flexibility index (Phi) is 4.33. The fraction of sp³-hybridized carbons (Fsp3) is 0.562. The van der Waals surface area contributed by atoms with E-state index in [2.05, 4.69) is 41.1 Å². The van der Waals surface area contributed by atoms with E-state index in [1.54, 1.807) is 0 Å². The maximum absolute atomic E-state index is 5.39. The van der Waals surface area contributed by atoms with Gasteiger partial charge in [-0.25, -0.2) is 4.98 Å².